The first-order valence-electron chi connectivity index (χ1n) is 11.5. The molecule has 160 valence electrons. The van der Waals surface area contributed by atoms with Gasteiger partial charge in [0.05, 0.1) is 6.10 Å². The Morgan fingerprint density at radius 1 is 0.933 bits per heavy atom. The summed E-state index contributed by atoms with van der Waals surface area (Å²) in [6, 6.07) is 19.1. The Bertz CT molecular complexity index is 776. The predicted octanol–water partition coefficient (Wildman–Crippen LogP) is 4.29. The van der Waals surface area contributed by atoms with Crippen molar-refractivity contribution in [1.29, 1.82) is 0 Å². The van der Waals surface area contributed by atoms with Crippen molar-refractivity contribution in [1.82, 2.24) is 10.2 Å². The van der Waals surface area contributed by atoms with Gasteiger partial charge in [0, 0.05) is 25.6 Å². The van der Waals surface area contributed by atoms with Crippen molar-refractivity contribution in [2.24, 2.45) is 5.92 Å². The molecule has 4 nitrogen and oxygen atoms in total. The lowest BCUT2D eigenvalue weighted by Gasteiger charge is -2.34. The summed E-state index contributed by atoms with van der Waals surface area (Å²) < 4.78 is 5.86. The van der Waals surface area contributed by atoms with E-state index in [1.807, 2.05) is 6.07 Å². The van der Waals surface area contributed by atoms with E-state index in [2.05, 4.69) is 58.7 Å². The summed E-state index contributed by atoms with van der Waals surface area (Å²) in [7, 11) is 0. The topological polar surface area (TPSA) is 41.6 Å². The zero-order chi connectivity index (χ0) is 20.6. The molecule has 0 radical (unpaired) electrons. The van der Waals surface area contributed by atoms with E-state index >= 15 is 0 Å². The molecule has 1 N–H and O–H groups in total. The molecule has 2 aromatic rings. The summed E-state index contributed by atoms with van der Waals surface area (Å²) in [4.78, 5) is 15.1. The van der Waals surface area contributed by atoms with Gasteiger partial charge in [0.2, 0.25) is 5.91 Å². The maximum Gasteiger partial charge on any atom is 0.223 e. The molecule has 4 rings (SSSR count). The number of benzene rings is 2. The van der Waals surface area contributed by atoms with E-state index in [9.17, 15) is 4.79 Å². The van der Waals surface area contributed by atoms with Crippen molar-refractivity contribution < 1.29 is 9.53 Å². The van der Waals surface area contributed by atoms with Crippen LogP contribution in [0.25, 0.3) is 11.1 Å². The number of ether oxygens (including phenoxy) is 1. The van der Waals surface area contributed by atoms with Gasteiger partial charge in [0.1, 0.15) is 0 Å². The van der Waals surface area contributed by atoms with Crippen molar-refractivity contribution in [3.63, 3.8) is 0 Å². The second-order valence-electron chi connectivity index (χ2n) is 8.67. The first-order chi connectivity index (χ1) is 14.8. The first-order valence-corrected chi connectivity index (χ1v) is 11.5. The van der Waals surface area contributed by atoms with E-state index in [4.69, 9.17) is 4.74 Å². The van der Waals surface area contributed by atoms with Crippen LogP contribution in [0.1, 0.15) is 37.7 Å². The highest BCUT2D eigenvalue weighted by molar-refractivity contribution is 5.78. The van der Waals surface area contributed by atoms with Crippen LogP contribution in [0.3, 0.4) is 0 Å². The molecule has 1 unspecified atom stereocenters. The van der Waals surface area contributed by atoms with E-state index in [1.54, 1.807) is 0 Å². The third-order valence-corrected chi connectivity index (χ3v) is 6.47. The molecule has 0 saturated carbocycles. The Morgan fingerprint density at radius 2 is 1.67 bits per heavy atom. The minimum absolute atomic E-state index is 0.161. The van der Waals surface area contributed by atoms with Gasteiger partial charge < -0.3 is 15.0 Å². The maximum absolute atomic E-state index is 12.6. The highest BCUT2D eigenvalue weighted by Gasteiger charge is 2.26. The van der Waals surface area contributed by atoms with Crippen LogP contribution in [0.4, 0.5) is 0 Å². The quantitative estimate of drug-likeness (QED) is 0.746. The molecule has 0 aliphatic carbocycles. The number of amides is 1. The fourth-order valence-electron chi connectivity index (χ4n) is 4.59. The Morgan fingerprint density at radius 3 is 2.37 bits per heavy atom. The monoisotopic (exact) mass is 406 g/mol. The summed E-state index contributed by atoms with van der Waals surface area (Å²) in [6.45, 7) is 4.68. The molecule has 2 fully saturated rings. The van der Waals surface area contributed by atoms with Gasteiger partial charge in [0.15, 0.2) is 0 Å². The summed E-state index contributed by atoms with van der Waals surface area (Å²) >= 11 is 0. The van der Waals surface area contributed by atoms with E-state index in [1.165, 1.54) is 36.0 Å². The van der Waals surface area contributed by atoms with Crippen LogP contribution in [0.15, 0.2) is 54.6 Å². The van der Waals surface area contributed by atoms with Crippen LogP contribution >= 0.6 is 0 Å². The molecule has 2 aliphatic rings. The second-order valence-corrected chi connectivity index (χ2v) is 8.67. The van der Waals surface area contributed by atoms with Crippen molar-refractivity contribution in [3.8, 4) is 11.1 Å². The number of nitrogens with one attached hydrogen (secondary N) is 1. The molecule has 2 aromatic carbocycles. The molecule has 2 aliphatic heterocycles. The van der Waals surface area contributed by atoms with Crippen LogP contribution in [0.5, 0.6) is 0 Å². The van der Waals surface area contributed by atoms with Crippen molar-refractivity contribution in [2.75, 3.05) is 32.8 Å². The standard InChI is InChI=1S/C26H34N2O2/c29-26(24-14-17-28(18-15-24)20-25-8-4-5-19-30-25)27-16-13-21-9-11-23(12-10-21)22-6-2-1-3-7-22/h1-3,6-7,9-12,24-25H,4-5,8,13-20H2,(H,27,29). The van der Waals surface area contributed by atoms with Crippen LogP contribution in [-0.2, 0) is 16.0 Å². The van der Waals surface area contributed by atoms with E-state index in [-0.39, 0.29) is 11.8 Å². The lowest BCUT2D eigenvalue weighted by atomic mass is 9.95. The third-order valence-electron chi connectivity index (χ3n) is 6.47. The number of piperidine rings is 1. The van der Waals surface area contributed by atoms with Crippen LogP contribution in [0.2, 0.25) is 0 Å². The number of rotatable bonds is 7. The summed E-state index contributed by atoms with van der Waals surface area (Å²) in [5, 5.41) is 3.16. The zero-order valence-corrected chi connectivity index (χ0v) is 17.9. The van der Waals surface area contributed by atoms with Gasteiger partial charge in [-0.05, 0) is 68.3 Å². The fraction of sp³-hybridized carbons (Fsp3) is 0.500. The van der Waals surface area contributed by atoms with Gasteiger partial charge in [-0.3, -0.25) is 4.79 Å². The number of carbonyl (C=O) groups excluding carboxylic acids is 1. The van der Waals surface area contributed by atoms with Crippen molar-refractivity contribution >= 4 is 5.91 Å². The normalized spacial score (nSPS) is 20.7. The lowest BCUT2D eigenvalue weighted by molar-refractivity contribution is -0.126. The molecule has 0 aromatic heterocycles. The smallest absolute Gasteiger partial charge is 0.223 e. The highest BCUT2D eigenvalue weighted by Crippen LogP contribution is 2.21. The van der Waals surface area contributed by atoms with Crippen LogP contribution in [-0.4, -0.2) is 49.7 Å². The summed E-state index contributed by atoms with van der Waals surface area (Å²) in [5.41, 5.74) is 3.73. The molecule has 0 spiro atoms. The zero-order valence-electron chi connectivity index (χ0n) is 17.9. The summed E-state index contributed by atoms with van der Waals surface area (Å²) in [6.07, 6.45) is 6.88. The predicted molar refractivity (Wildman–Crippen MR) is 121 cm³/mol. The number of hydrogen-bond donors (Lipinski definition) is 1. The van der Waals surface area contributed by atoms with Gasteiger partial charge in [0.25, 0.3) is 0 Å². The Kier molecular flexibility index (Phi) is 7.54. The number of carbonyl (C=O) groups is 1. The number of hydrogen-bond acceptors (Lipinski definition) is 3. The minimum atomic E-state index is 0.161. The van der Waals surface area contributed by atoms with Crippen LogP contribution < -0.4 is 5.32 Å². The van der Waals surface area contributed by atoms with Gasteiger partial charge in [-0.15, -0.1) is 0 Å². The molecular formula is C26H34N2O2. The molecule has 2 heterocycles. The number of likely N-dealkylation sites (tertiary alicyclic amines) is 1. The van der Waals surface area contributed by atoms with Gasteiger partial charge in [-0.25, -0.2) is 0 Å². The average molecular weight is 407 g/mol. The van der Waals surface area contributed by atoms with E-state index in [0.717, 1.165) is 45.5 Å². The maximum atomic E-state index is 12.6. The van der Waals surface area contributed by atoms with E-state index < -0.39 is 0 Å². The molecule has 1 atom stereocenters. The van der Waals surface area contributed by atoms with Gasteiger partial charge in [-0.1, -0.05) is 54.6 Å². The Labute approximate surface area is 180 Å². The Balaban J connectivity index is 1.15. The fourth-order valence-corrected chi connectivity index (χ4v) is 4.59. The second kappa shape index (κ2) is 10.7. The van der Waals surface area contributed by atoms with Crippen molar-refractivity contribution in [2.45, 2.75) is 44.6 Å². The first kappa shape index (κ1) is 21.1. The van der Waals surface area contributed by atoms with Gasteiger partial charge in [-0.2, -0.15) is 0 Å². The molecule has 30 heavy (non-hydrogen) atoms. The summed E-state index contributed by atoms with van der Waals surface area (Å²) in [5.74, 6) is 0.387. The SMILES string of the molecule is O=C(NCCc1ccc(-c2ccccc2)cc1)C1CCN(CC2CCCCO2)CC1. The average Bonchev–Trinajstić information content (AvgIpc) is 2.81. The molecular weight excluding hydrogens is 372 g/mol. The molecule has 0 bridgehead atoms. The van der Waals surface area contributed by atoms with Gasteiger partial charge >= 0.3 is 0 Å². The van der Waals surface area contributed by atoms with E-state index in [0.29, 0.717) is 12.6 Å². The molecule has 2 saturated heterocycles. The Hall–Kier alpha value is -2.17. The van der Waals surface area contributed by atoms with Crippen LogP contribution in [0, 0.1) is 5.92 Å². The highest BCUT2D eigenvalue weighted by atomic mass is 16.5. The molecule has 1 amide bonds. The number of nitrogens with zero attached hydrogens (tertiary/aromatic N) is 1. The largest absolute Gasteiger partial charge is 0.377 e. The minimum Gasteiger partial charge on any atom is -0.377 e. The molecule has 4 heteroatoms. The van der Waals surface area contributed by atoms with Crippen molar-refractivity contribution in [3.05, 3.63) is 60.2 Å². The third kappa shape index (κ3) is 5.93. The lowest BCUT2D eigenvalue weighted by Crippen LogP contribution is -2.44.